The number of rotatable bonds is 3. The second-order valence-corrected chi connectivity index (χ2v) is 7.46. The average Bonchev–Trinajstić information content (AvgIpc) is 2.86. The molecule has 2 rings (SSSR count). The van der Waals surface area contributed by atoms with Crippen molar-refractivity contribution in [3.63, 3.8) is 0 Å². The van der Waals surface area contributed by atoms with Crippen molar-refractivity contribution in [2.24, 2.45) is 0 Å². The average molecular weight is 308 g/mol. The molecule has 1 aromatic carbocycles. The van der Waals surface area contributed by atoms with Crippen LogP contribution in [0.4, 0.5) is 14.5 Å². The largest absolute Gasteiger partial charge is 0.396 e. The Bertz CT molecular complexity index is 587. The minimum absolute atomic E-state index is 0.166. The first kappa shape index (κ1) is 14.5. The maximum atomic E-state index is 13.7. The smallest absolute Gasteiger partial charge is 0.246 e. The molecule has 0 spiro atoms. The van der Waals surface area contributed by atoms with E-state index >= 15 is 0 Å². The monoisotopic (exact) mass is 308 g/mol. The molecular weight excluding hydrogens is 294 g/mol. The molecule has 0 amide bonds. The Morgan fingerprint density at radius 1 is 1.37 bits per heavy atom. The maximum Gasteiger partial charge on any atom is 0.246 e. The number of thioether (sulfide) groups is 1. The fourth-order valence-corrected chi connectivity index (χ4v) is 4.73. The Morgan fingerprint density at radius 2 is 2.05 bits per heavy atom. The predicted molar refractivity (Wildman–Crippen MR) is 71.4 cm³/mol. The van der Waals surface area contributed by atoms with Gasteiger partial charge in [0.15, 0.2) is 0 Å². The van der Waals surface area contributed by atoms with E-state index < -0.39 is 26.6 Å². The zero-order valence-corrected chi connectivity index (χ0v) is 11.9. The van der Waals surface area contributed by atoms with Gasteiger partial charge in [-0.3, -0.25) is 0 Å². The summed E-state index contributed by atoms with van der Waals surface area (Å²) in [5.41, 5.74) is 4.93. The summed E-state index contributed by atoms with van der Waals surface area (Å²) in [5.74, 6) is -0.535. The van der Waals surface area contributed by atoms with Crippen molar-refractivity contribution in [3.8, 4) is 0 Å². The SMILES string of the molecule is CN(C1CCSC1)S(=O)(=O)c1cc(N)c(F)cc1F. The molecule has 0 radical (unpaired) electrons. The van der Waals surface area contributed by atoms with Crippen LogP contribution in [0, 0.1) is 11.6 Å². The van der Waals surface area contributed by atoms with Crippen molar-refractivity contribution in [2.75, 3.05) is 24.3 Å². The van der Waals surface area contributed by atoms with Crippen molar-refractivity contribution in [2.45, 2.75) is 17.4 Å². The van der Waals surface area contributed by atoms with Crippen molar-refractivity contribution in [1.29, 1.82) is 0 Å². The molecule has 0 aliphatic carbocycles. The molecular formula is C11H14F2N2O2S2. The van der Waals surface area contributed by atoms with Crippen molar-refractivity contribution < 1.29 is 17.2 Å². The van der Waals surface area contributed by atoms with Crippen LogP contribution >= 0.6 is 11.8 Å². The number of benzene rings is 1. The summed E-state index contributed by atoms with van der Waals surface area (Å²) in [7, 11) is -2.59. The molecule has 1 unspecified atom stereocenters. The van der Waals surface area contributed by atoms with E-state index in [1.807, 2.05) is 0 Å². The minimum Gasteiger partial charge on any atom is -0.396 e. The highest BCUT2D eigenvalue weighted by Crippen LogP contribution is 2.28. The normalized spacial score (nSPS) is 20.1. The number of hydrogen-bond acceptors (Lipinski definition) is 4. The number of nitrogen functional groups attached to an aromatic ring is 1. The van der Waals surface area contributed by atoms with Gasteiger partial charge < -0.3 is 5.73 Å². The van der Waals surface area contributed by atoms with E-state index in [1.54, 1.807) is 11.8 Å². The minimum atomic E-state index is -3.99. The summed E-state index contributed by atoms with van der Waals surface area (Å²) < 4.78 is 52.5. The number of nitrogens with two attached hydrogens (primary N) is 1. The van der Waals surface area contributed by atoms with Crippen LogP contribution < -0.4 is 5.73 Å². The summed E-state index contributed by atoms with van der Waals surface area (Å²) in [5, 5.41) is 0. The summed E-state index contributed by atoms with van der Waals surface area (Å²) in [4.78, 5) is -0.578. The van der Waals surface area contributed by atoms with Gasteiger partial charge in [0, 0.05) is 24.9 Å². The fourth-order valence-electron chi connectivity index (χ4n) is 1.90. The summed E-state index contributed by atoms with van der Waals surface area (Å²) in [6, 6.07) is 1.17. The second-order valence-electron chi connectivity index (χ2n) is 4.34. The molecule has 2 N–H and O–H groups in total. The Hall–Kier alpha value is -0.860. The Balaban J connectivity index is 2.41. The van der Waals surface area contributed by atoms with Gasteiger partial charge in [-0.25, -0.2) is 17.2 Å². The molecule has 1 atom stereocenters. The molecule has 106 valence electrons. The lowest BCUT2D eigenvalue weighted by molar-refractivity contribution is 0.391. The van der Waals surface area contributed by atoms with Crippen LogP contribution in [-0.2, 0) is 10.0 Å². The topological polar surface area (TPSA) is 63.4 Å². The third-order valence-corrected chi connectivity index (χ3v) is 6.20. The first-order valence-electron chi connectivity index (χ1n) is 5.64. The fraction of sp³-hybridized carbons (Fsp3) is 0.455. The van der Waals surface area contributed by atoms with Gasteiger partial charge >= 0.3 is 0 Å². The van der Waals surface area contributed by atoms with Gasteiger partial charge in [-0.1, -0.05) is 0 Å². The van der Waals surface area contributed by atoms with Gasteiger partial charge in [0.05, 0.1) is 5.69 Å². The lowest BCUT2D eigenvalue weighted by atomic mass is 10.3. The predicted octanol–water partition coefficient (Wildman–Crippen LogP) is 1.67. The van der Waals surface area contributed by atoms with E-state index in [9.17, 15) is 17.2 Å². The van der Waals surface area contributed by atoms with Crippen LogP contribution in [0.25, 0.3) is 0 Å². The van der Waals surface area contributed by atoms with E-state index in [-0.39, 0.29) is 11.7 Å². The Labute approximate surface area is 115 Å². The lowest BCUT2D eigenvalue weighted by Crippen LogP contribution is -2.37. The number of nitrogens with zero attached hydrogens (tertiary/aromatic N) is 1. The molecule has 1 aliphatic rings. The quantitative estimate of drug-likeness (QED) is 0.863. The summed E-state index contributed by atoms with van der Waals surface area (Å²) in [6.45, 7) is 0. The molecule has 19 heavy (non-hydrogen) atoms. The molecule has 1 aromatic rings. The molecule has 0 bridgehead atoms. The zero-order chi connectivity index (χ0) is 14.2. The molecule has 0 saturated carbocycles. The first-order chi connectivity index (χ1) is 8.84. The van der Waals surface area contributed by atoms with Gasteiger partial charge in [0.2, 0.25) is 10.0 Å². The third kappa shape index (κ3) is 2.70. The molecule has 1 saturated heterocycles. The molecule has 8 heteroatoms. The van der Waals surface area contributed by atoms with E-state index in [2.05, 4.69) is 0 Å². The number of sulfonamides is 1. The van der Waals surface area contributed by atoms with Crippen LogP contribution in [0.1, 0.15) is 6.42 Å². The highest BCUT2D eigenvalue weighted by atomic mass is 32.2. The molecule has 1 aliphatic heterocycles. The lowest BCUT2D eigenvalue weighted by Gasteiger charge is -2.23. The van der Waals surface area contributed by atoms with Gasteiger partial charge in [-0.15, -0.1) is 0 Å². The van der Waals surface area contributed by atoms with Crippen LogP contribution in [0.5, 0.6) is 0 Å². The molecule has 1 heterocycles. The maximum absolute atomic E-state index is 13.7. The molecule has 4 nitrogen and oxygen atoms in total. The Morgan fingerprint density at radius 3 is 2.63 bits per heavy atom. The molecule has 1 fully saturated rings. The van der Waals surface area contributed by atoms with E-state index in [4.69, 9.17) is 5.73 Å². The van der Waals surface area contributed by atoms with Gasteiger partial charge in [-0.05, 0) is 18.2 Å². The van der Waals surface area contributed by atoms with E-state index in [1.165, 1.54) is 7.05 Å². The van der Waals surface area contributed by atoms with Crippen molar-refractivity contribution in [3.05, 3.63) is 23.8 Å². The number of anilines is 1. The van der Waals surface area contributed by atoms with Crippen molar-refractivity contribution in [1.82, 2.24) is 4.31 Å². The van der Waals surface area contributed by atoms with Crippen LogP contribution in [0.2, 0.25) is 0 Å². The van der Waals surface area contributed by atoms with Crippen molar-refractivity contribution >= 4 is 27.5 Å². The summed E-state index contributed by atoms with van der Waals surface area (Å²) in [6.07, 6.45) is 0.721. The highest BCUT2D eigenvalue weighted by Gasteiger charge is 2.32. The van der Waals surface area contributed by atoms with Crippen LogP contribution in [-0.4, -0.2) is 37.3 Å². The standard InChI is InChI=1S/C11H14F2N2O2S2/c1-15(7-2-3-18-6-7)19(16,17)11-5-10(14)8(12)4-9(11)13/h4-5,7H,2-3,6,14H2,1H3. The van der Waals surface area contributed by atoms with Crippen LogP contribution in [0.3, 0.4) is 0 Å². The third-order valence-electron chi connectivity index (χ3n) is 3.13. The van der Waals surface area contributed by atoms with E-state index in [0.717, 1.165) is 22.5 Å². The van der Waals surface area contributed by atoms with Gasteiger partial charge in [0.25, 0.3) is 0 Å². The molecule has 0 aromatic heterocycles. The highest BCUT2D eigenvalue weighted by molar-refractivity contribution is 7.99. The first-order valence-corrected chi connectivity index (χ1v) is 8.24. The second kappa shape index (κ2) is 5.26. The van der Waals surface area contributed by atoms with Crippen LogP contribution in [0.15, 0.2) is 17.0 Å². The van der Waals surface area contributed by atoms with Gasteiger partial charge in [-0.2, -0.15) is 16.1 Å². The summed E-state index contributed by atoms with van der Waals surface area (Å²) >= 11 is 1.65. The number of hydrogen-bond donors (Lipinski definition) is 1. The zero-order valence-electron chi connectivity index (χ0n) is 10.3. The van der Waals surface area contributed by atoms with Gasteiger partial charge in [0.1, 0.15) is 16.5 Å². The van der Waals surface area contributed by atoms with E-state index in [0.29, 0.717) is 11.8 Å². The Kier molecular flexibility index (Phi) is 4.03. The number of halogens is 2.